The molecule has 0 aliphatic heterocycles. The number of thiazole rings is 1. The van der Waals surface area contributed by atoms with Crippen LogP contribution in [0.5, 0.6) is 5.75 Å². The van der Waals surface area contributed by atoms with Gasteiger partial charge in [0.2, 0.25) is 10.0 Å². The Morgan fingerprint density at radius 2 is 1.93 bits per heavy atom. The highest BCUT2D eigenvalue weighted by atomic mass is 32.2. The molecule has 0 saturated carbocycles. The van der Waals surface area contributed by atoms with Crippen LogP contribution in [0.4, 0.5) is 0 Å². The molecule has 3 aromatic rings. The Balaban J connectivity index is 1.51. The molecule has 10 heteroatoms. The van der Waals surface area contributed by atoms with Gasteiger partial charge in [0.25, 0.3) is 0 Å². The molecule has 0 saturated heterocycles. The predicted molar refractivity (Wildman–Crippen MR) is 104 cm³/mol. The Hall–Kier alpha value is -2.27. The quantitative estimate of drug-likeness (QED) is 0.461. The molecular formula is C17H16N2O5S3. The highest BCUT2D eigenvalue weighted by Crippen LogP contribution is 2.29. The molecule has 0 spiro atoms. The van der Waals surface area contributed by atoms with Crippen LogP contribution in [0.25, 0.3) is 10.6 Å². The number of aryl methyl sites for hydroxylation is 1. The van der Waals surface area contributed by atoms with Crippen molar-refractivity contribution in [1.82, 2.24) is 4.98 Å². The van der Waals surface area contributed by atoms with Crippen molar-refractivity contribution in [3.05, 3.63) is 51.7 Å². The molecule has 2 aromatic heterocycles. The van der Waals surface area contributed by atoms with Crippen LogP contribution in [-0.4, -0.2) is 32.6 Å². The molecule has 0 fully saturated rings. The minimum atomic E-state index is -3.73. The average Bonchev–Trinajstić information content (AvgIpc) is 3.27. The second-order valence-electron chi connectivity index (χ2n) is 5.45. The summed E-state index contributed by atoms with van der Waals surface area (Å²) < 4.78 is 33.1. The molecule has 0 unspecified atom stereocenters. The molecule has 2 N–H and O–H groups in total. The lowest BCUT2D eigenvalue weighted by molar-refractivity contribution is 0.0455. The van der Waals surface area contributed by atoms with E-state index in [0.29, 0.717) is 16.3 Å². The number of carbonyl (C=O) groups is 1. The molecule has 0 aliphatic rings. The van der Waals surface area contributed by atoms with Crippen molar-refractivity contribution in [3.8, 4) is 16.3 Å². The largest absolute Gasteiger partial charge is 0.490 e. The first kappa shape index (κ1) is 19.5. The van der Waals surface area contributed by atoms with E-state index in [1.165, 1.54) is 35.6 Å². The van der Waals surface area contributed by atoms with Crippen molar-refractivity contribution in [2.45, 2.75) is 11.8 Å². The van der Waals surface area contributed by atoms with Gasteiger partial charge in [-0.1, -0.05) is 0 Å². The van der Waals surface area contributed by atoms with E-state index < -0.39 is 16.0 Å². The monoisotopic (exact) mass is 424 g/mol. The number of nitrogens with two attached hydrogens (primary N) is 1. The number of rotatable bonds is 7. The molecule has 7 nitrogen and oxygen atoms in total. The topological polar surface area (TPSA) is 109 Å². The molecule has 0 amide bonds. The first-order chi connectivity index (χ1) is 12.8. The number of primary sulfonamides is 1. The molecule has 142 valence electrons. The van der Waals surface area contributed by atoms with Crippen LogP contribution >= 0.6 is 22.7 Å². The maximum absolute atomic E-state index is 12.2. The zero-order valence-electron chi connectivity index (χ0n) is 14.2. The molecule has 1 aromatic carbocycles. The molecule has 27 heavy (non-hydrogen) atoms. The molecule has 0 radical (unpaired) electrons. The fourth-order valence-electron chi connectivity index (χ4n) is 2.18. The standard InChI is InChI=1S/C17H16N2O5S3/c1-11-15(26-16(19-11)12-6-9-25-10-12)17(20)24-8-7-23-13-2-4-14(5-3-13)27(18,21)22/h2-6,9-10H,7-8H2,1H3,(H2,18,21,22). The fraction of sp³-hybridized carbons (Fsp3) is 0.176. The highest BCUT2D eigenvalue weighted by Gasteiger charge is 2.17. The van der Waals surface area contributed by atoms with Crippen LogP contribution in [0.1, 0.15) is 15.4 Å². The molecule has 0 bridgehead atoms. The molecule has 3 rings (SSSR count). The van der Waals surface area contributed by atoms with E-state index in [1.54, 1.807) is 18.3 Å². The Morgan fingerprint density at radius 3 is 2.56 bits per heavy atom. The van der Waals surface area contributed by atoms with E-state index in [-0.39, 0.29) is 18.1 Å². The molecule has 0 atom stereocenters. The van der Waals surface area contributed by atoms with Crippen molar-refractivity contribution in [2.75, 3.05) is 13.2 Å². The van der Waals surface area contributed by atoms with Crippen molar-refractivity contribution in [2.24, 2.45) is 5.14 Å². The Morgan fingerprint density at radius 1 is 1.19 bits per heavy atom. The smallest absolute Gasteiger partial charge is 0.350 e. The van der Waals surface area contributed by atoms with Gasteiger partial charge in [-0.15, -0.1) is 11.3 Å². The number of carbonyl (C=O) groups excluding carboxylic acids is 1. The number of sulfonamides is 1. The summed E-state index contributed by atoms with van der Waals surface area (Å²) in [5, 5.41) is 9.75. The molecule has 0 aliphatic carbocycles. The predicted octanol–water partition coefficient (Wildman–Crippen LogP) is 3.06. The summed E-state index contributed by atoms with van der Waals surface area (Å²) in [7, 11) is -3.73. The van der Waals surface area contributed by atoms with Gasteiger partial charge >= 0.3 is 5.97 Å². The number of ether oxygens (including phenoxy) is 2. The summed E-state index contributed by atoms with van der Waals surface area (Å²) in [6, 6.07) is 7.63. The van der Waals surface area contributed by atoms with Gasteiger partial charge in [0.15, 0.2) is 0 Å². The third kappa shape index (κ3) is 4.92. The minimum absolute atomic E-state index is 0.00312. The van der Waals surface area contributed by atoms with Gasteiger partial charge in [0.05, 0.1) is 10.6 Å². The number of hydrogen-bond donors (Lipinski definition) is 1. The Bertz CT molecular complexity index is 1030. The minimum Gasteiger partial charge on any atom is -0.490 e. The molecule has 2 heterocycles. The lowest BCUT2D eigenvalue weighted by Gasteiger charge is -2.07. The van der Waals surface area contributed by atoms with Crippen LogP contribution in [-0.2, 0) is 14.8 Å². The van der Waals surface area contributed by atoms with E-state index in [0.717, 1.165) is 10.6 Å². The van der Waals surface area contributed by atoms with Gasteiger partial charge in [-0.2, -0.15) is 11.3 Å². The summed E-state index contributed by atoms with van der Waals surface area (Å²) >= 11 is 2.86. The van der Waals surface area contributed by atoms with Crippen molar-refractivity contribution < 1.29 is 22.7 Å². The van der Waals surface area contributed by atoms with E-state index in [4.69, 9.17) is 14.6 Å². The van der Waals surface area contributed by atoms with Crippen LogP contribution < -0.4 is 9.88 Å². The van der Waals surface area contributed by atoms with Gasteiger partial charge in [-0.3, -0.25) is 0 Å². The summed E-state index contributed by atoms with van der Waals surface area (Å²) in [6.45, 7) is 1.96. The summed E-state index contributed by atoms with van der Waals surface area (Å²) in [6.07, 6.45) is 0. The number of thiophene rings is 1. The third-order valence-electron chi connectivity index (χ3n) is 3.49. The van der Waals surface area contributed by atoms with Gasteiger partial charge in [0, 0.05) is 10.9 Å². The zero-order valence-corrected chi connectivity index (χ0v) is 16.7. The fourth-order valence-corrected chi connectivity index (χ4v) is 4.37. The normalized spacial score (nSPS) is 11.3. The van der Waals surface area contributed by atoms with Crippen LogP contribution in [0.2, 0.25) is 0 Å². The van der Waals surface area contributed by atoms with Crippen molar-refractivity contribution in [1.29, 1.82) is 0 Å². The zero-order chi connectivity index (χ0) is 19.4. The second-order valence-corrected chi connectivity index (χ2v) is 8.79. The first-order valence-corrected chi connectivity index (χ1v) is 11.1. The van der Waals surface area contributed by atoms with Crippen LogP contribution in [0.3, 0.4) is 0 Å². The first-order valence-electron chi connectivity index (χ1n) is 7.77. The highest BCUT2D eigenvalue weighted by molar-refractivity contribution is 7.89. The number of esters is 1. The molecular weight excluding hydrogens is 408 g/mol. The van der Waals surface area contributed by atoms with Gasteiger partial charge < -0.3 is 9.47 Å². The summed E-state index contributed by atoms with van der Waals surface area (Å²) in [5.41, 5.74) is 1.61. The number of aromatic nitrogens is 1. The number of hydrogen-bond acceptors (Lipinski definition) is 8. The van der Waals surface area contributed by atoms with E-state index in [1.807, 2.05) is 16.8 Å². The number of nitrogens with zero attached hydrogens (tertiary/aromatic N) is 1. The van der Waals surface area contributed by atoms with Gasteiger partial charge in [-0.25, -0.2) is 23.3 Å². The Labute approximate surface area is 164 Å². The second kappa shape index (κ2) is 8.17. The lowest BCUT2D eigenvalue weighted by Crippen LogP contribution is -2.13. The summed E-state index contributed by atoms with van der Waals surface area (Å²) in [4.78, 5) is 17.1. The SMILES string of the molecule is Cc1nc(-c2ccsc2)sc1C(=O)OCCOc1ccc(S(N)(=O)=O)cc1. The third-order valence-corrected chi connectivity index (χ3v) is 6.29. The van der Waals surface area contributed by atoms with E-state index in [2.05, 4.69) is 4.98 Å². The van der Waals surface area contributed by atoms with Crippen LogP contribution in [0, 0.1) is 6.92 Å². The van der Waals surface area contributed by atoms with E-state index >= 15 is 0 Å². The Kier molecular flexibility index (Phi) is 5.90. The average molecular weight is 425 g/mol. The maximum Gasteiger partial charge on any atom is 0.350 e. The van der Waals surface area contributed by atoms with Gasteiger partial charge in [0.1, 0.15) is 28.8 Å². The van der Waals surface area contributed by atoms with Crippen molar-refractivity contribution in [3.63, 3.8) is 0 Å². The van der Waals surface area contributed by atoms with Crippen molar-refractivity contribution >= 4 is 38.7 Å². The maximum atomic E-state index is 12.2. The van der Waals surface area contributed by atoms with E-state index in [9.17, 15) is 13.2 Å². The number of benzene rings is 1. The van der Waals surface area contributed by atoms with Gasteiger partial charge in [-0.05, 0) is 42.6 Å². The lowest BCUT2D eigenvalue weighted by atomic mass is 10.3. The summed E-state index contributed by atoms with van der Waals surface area (Å²) in [5.74, 6) is 0.00631. The van der Waals surface area contributed by atoms with Crippen LogP contribution in [0.15, 0.2) is 46.0 Å².